The number of anilines is 4. The monoisotopic (exact) mass is 2300 g/mol. The van der Waals surface area contributed by atoms with Crippen LogP contribution in [0.3, 0.4) is 0 Å². The first-order valence-corrected chi connectivity index (χ1v) is 61.3. The maximum absolute atomic E-state index is 15.0. The normalized spacial score (nSPS) is 29.5. The van der Waals surface area contributed by atoms with Crippen LogP contribution in [-0.2, 0) is 184 Å². The average molecular weight is 2300 g/mol. The van der Waals surface area contributed by atoms with E-state index in [0.29, 0.717) is 5.56 Å². The number of nitrogens with two attached hydrogens (primary N) is 4. The van der Waals surface area contributed by atoms with Gasteiger partial charge in [-0.3, -0.25) is 75.6 Å². The molecule has 0 radical (unpaired) electrons. The van der Waals surface area contributed by atoms with Crippen molar-refractivity contribution < 1.29 is 130 Å². The Kier molecular flexibility index (Phi) is 34.1. The van der Waals surface area contributed by atoms with Crippen LogP contribution in [0.4, 0.5) is 23.4 Å². The minimum Gasteiger partial charge on any atom is -0.780 e. The van der Waals surface area contributed by atoms with Gasteiger partial charge in [-0.15, -0.1) is 0 Å². The number of hydrogen-bond acceptors (Lipinski definition) is 55. The second-order valence-corrected chi connectivity index (χ2v) is 52.9. The van der Waals surface area contributed by atoms with Gasteiger partial charge in [0.05, 0.1) is 101 Å². The lowest BCUT2D eigenvalue weighted by Gasteiger charge is -2.36. The molecular formula is C72H90N22O37P7S7-7. The molecule has 0 saturated carbocycles. The zero-order valence-corrected chi connectivity index (χ0v) is 88.3. The van der Waals surface area contributed by atoms with Crippen molar-refractivity contribution in [1.82, 2.24) is 86.8 Å². The average Bonchev–Trinajstić information content (AvgIpc) is 1.63. The van der Waals surface area contributed by atoms with Crippen molar-refractivity contribution in [3.8, 4) is 0 Å². The molecule has 59 nitrogen and oxygen atoms in total. The molecule has 73 heteroatoms. The lowest BCUT2D eigenvalue weighted by atomic mass is 10.1. The zero-order valence-electron chi connectivity index (χ0n) is 76.3. The fraction of sp³-hybridized carbons (Fsp3) is 0.583. The Bertz CT molecular complexity index is 7390. The van der Waals surface area contributed by atoms with Gasteiger partial charge in [0.15, 0.2) is 29.4 Å². The molecule has 7 fully saturated rings. The molecule has 794 valence electrons. The first-order chi connectivity index (χ1) is 68.2. The quantitative estimate of drug-likeness (QED) is 0.0140. The Balaban J connectivity index is 0.605. The number of aromatic amines is 4. The predicted molar refractivity (Wildman–Crippen MR) is 513 cm³/mol. The van der Waals surface area contributed by atoms with Crippen LogP contribution in [0.1, 0.15) is 130 Å². The summed E-state index contributed by atoms with van der Waals surface area (Å²) in [5.41, 5.74) is 17.4. The maximum atomic E-state index is 15.0. The van der Waals surface area contributed by atoms with Gasteiger partial charge in [-0.25, -0.2) is 43.9 Å². The van der Waals surface area contributed by atoms with Crippen molar-refractivity contribution in [3.63, 3.8) is 0 Å². The molecule has 145 heavy (non-hydrogen) atoms. The first-order valence-electron chi connectivity index (χ1n) is 43.4. The number of nitrogens with zero attached hydrogens (tertiary/aromatic N) is 14. The van der Waals surface area contributed by atoms with E-state index in [2.05, 4.69) is 54.8 Å². The molecule has 9 aromatic heterocycles. The van der Waals surface area contributed by atoms with Crippen LogP contribution in [0.2, 0.25) is 0 Å². The Morgan fingerprint density at radius 2 is 0.655 bits per heavy atom. The highest BCUT2D eigenvalue weighted by Crippen LogP contribution is 2.57. The van der Waals surface area contributed by atoms with Crippen LogP contribution in [0.15, 0.2) is 93.1 Å². The van der Waals surface area contributed by atoms with E-state index in [1.165, 1.54) is 68.1 Å². The summed E-state index contributed by atoms with van der Waals surface area (Å²) in [6.07, 6.45) is -21.3. The summed E-state index contributed by atoms with van der Waals surface area (Å²) in [5, 5.41) is 0. The standard InChI is InChI=1S/C72H97N22O37P7S7/c1-8-35-36(9-49(118-35)90-18-32(4)63(95)85-70(90)101)126-133(105,140)112-22-44-38(10-50(119-44)88-16-30(2)58(73)81-68(88)99)127-135(107,142)115-24-46-41(13-53(121-46)92-20-34(6)65(97)87-72(92)103)130-136(108,143)114-23-45-39(11-51(120-45)89-17-31(3)59(74)82-69(89)100)128-137(109,144)117-26-48-42(15-54(123-48)93-28-79-56-60(75)77-27-78-61(56)93)131-138(110,145)116-25-47-40(12-52(122-47)91-19-33(5)64(96)86-71(91)102)129-134(106,141)113-21-43-37(125-132(104,139)111-7)14-55(124-43)94-29-80-57-62(94)83-67(76)84-66(57)98/h16-20,27-29,35-55H,8-15,21-26H2,1-7H3,(H,104,139)(H,105,140)(H,106,141)(H,107,142)(H,108,143)(H,109,144)(H,110,145)(H2,73,81,99)(H2,74,82,100)(H2,75,77,78)(H,85,95,101)(H,86,96,102)(H,87,97,103)(H3,76,83,84,98)/p-7/t35-,36?,37?,38?,39?,40?,41?,42?,43-,44-,45-,46-,47-,48-,49-,50-,51-,52-,53-,54-,55-,132?,133?,134?,135?,136?,137?,138?/m1/s1. The predicted octanol–water partition coefficient (Wildman–Crippen LogP) is -2.98. The van der Waals surface area contributed by atoms with Gasteiger partial charge in [0.1, 0.15) is 144 Å². The largest absolute Gasteiger partial charge is 0.780 e. The molecule has 12 N–H and O–H groups in total. The highest BCUT2D eigenvalue weighted by atomic mass is 32.7. The fourth-order valence-corrected chi connectivity index (χ4v) is 26.4. The van der Waals surface area contributed by atoms with Crippen molar-refractivity contribution >= 4 is 176 Å². The van der Waals surface area contributed by atoms with E-state index in [0.717, 1.165) is 48.7 Å². The Hall–Kier alpha value is -6.70. The number of aromatic nitrogens is 18. The van der Waals surface area contributed by atoms with E-state index in [1.54, 1.807) is 13.8 Å². The molecule has 7 aliphatic heterocycles. The summed E-state index contributed by atoms with van der Waals surface area (Å²) in [7, 11) is 1.03. The third kappa shape index (κ3) is 26.3. The molecular weight excluding hydrogens is 2210 g/mol. The molecule has 0 spiro atoms. The topological polar surface area (TPSA) is 795 Å². The Morgan fingerprint density at radius 1 is 0.366 bits per heavy atom. The third-order valence-corrected chi connectivity index (χ3v) is 35.0. The number of nitrogens with one attached hydrogen (secondary N) is 4. The molecule has 16 heterocycles. The van der Waals surface area contributed by atoms with Crippen molar-refractivity contribution in [2.24, 2.45) is 0 Å². The van der Waals surface area contributed by atoms with E-state index >= 15 is 4.89 Å². The van der Waals surface area contributed by atoms with Gasteiger partial charge in [-0.1, -0.05) is 77.8 Å². The summed E-state index contributed by atoms with van der Waals surface area (Å²) < 4.78 is 148. The van der Waals surface area contributed by atoms with Crippen LogP contribution in [-0.4, -0.2) is 219 Å². The number of H-pyrrole nitrogens is 4. The summed E-state index contributed by atoms with van der Waals surface area (Å²) in [6, 6.07) is 0. The second kappa shape index (κ2) is 44.5. The van der Waals surface area contributed by atoms with E-state index in [-0.39, 0.29) is 100 Å². The van der Waals surface area contributed by atoms with Gasteiger partial charge in [0.25, 0.3) is 22.2 Å². The van der Waals surface area contributed by atoms with Crippen molar-refractivity contribution in [1.29, 1.82) is 0 Å². The highest BCUT2D eigenvalue weighted by Gasteiger charge is 2.49. The molecule has 16 rings (SSSR count). The van der Waals surface area contributed by atoms with Crippen molar-refractivity contribution in [3.05, 3.63) is 172 Å². The highest BCUT2D eigenvalue weighted by molar-refractivity contribution is 8.32. The smallest absolute Gasteiger partial charge is 0.351 e. The lowest BCUT2D eigenvalue weighted by Crippen LogP contribution is -2.34. The minimum atomic E-state index is -5.06. The van der Waals surface area contributed by atoms with Gasteiger partial charge in [-0.05, 0) is 41.0 Å². The molecule has 0 aromatic carbocycles. The molecule has 0 bridgehead atoms. The molecule has 28 atom stereocenters. The first kappa shape index (κ1) is 111. The summed E-state index contributed by atoms with van der Waals surface area (Å²) in [4.78, 5) is 241. The van der Waals surface area contributed by atoms with Crippen LogP contribution in [0, 0.1) is 34.6 Å². The number of fused-ring (bicyclic) bond motifs is 2. The van der Waals surface area contributed by atoms with E-state index in [4.69, 9.17) is 203 Å². The Labute approximate surface area is 850 Å². The van der Waals surface area contributed by atoms with E-state index in [1.807, 2.05) is 0 Å². The lowest BCUT2D eigenvalue weighted by molar-refractivity contribution is -0.221. The zero-order chi connectivity index (χ0) is 105. The third-order valence-electron chi connectivity index (χ3n) is 23.9. The summed E-state index contributed by atoms with van der Waals surface area (Å²) >= 11 is 37.9. The second-order valence-electron chi connectivity index (χ2n) is 33.8. The summed E-state index contributed by atoms with van der Waals surface area (Å²) in [5.74, 6) is -0.608. The molecule has 14 unspecified atom stereocenters. The van der Waals surface area contributed by atoms with Gasteiger partial charge >= 0.3 is 28.4 Å². The molecule has 0 aliphatic carbocycles. The van der Waals surface area contributed by atoms with Crippen LogP contribution >= 0.6 is 47.1 Å². The van der Waals surface area contributed by atoms with Crippen LogP contribution in [0.25, 0.3) is 22.3 Å². The molecule has 7 aliphatic rings. The van der Waals surface area contributed by atoms with E-state index in [9.17, 15) is 72.2 Å². The van der Waals surface area contributed by atoms with Crippen molar-refractivity contribution in [2.75, 3.05) is 69.7 Å². The van der Waals surface area contributed by atoms with Gasteiger partial charge in [0, 0.05) is 111 Å². The minimum absolute atomic E-state index is 0.0100. The Morgan fingerprint density at radius 3 is 1.00 bits per heavy atom. The number of imidazole rings is 2. The number of ether oxygens (including phenoxy) is 7. The molecule has 9 aromatic rings. The van der Waals surface area contributed by atoms with Crippen LogP contribution in [0.5, 0.6) is 0 Å². The number of hydrogen-bond donors (Lipinski definition) is 8. The van der Waals surface area contributed by atoms with E-state index < -0.39 is 286 Å². The van der Waals surface area contributed by atoms with Gasteiger partial charge in [-0.2, -0.15) is 15.0 Å². The SMILES string of the molecule is CC[C@H]1O[C@@H](n2cc(C)c(=O)[nH]c2=O)CC1OP([O-])(=S)OC[C@H]1O[C@@H](n2cc(C)c(N)nc2=O)CC1OP(=O)([S-])OC[C@H]1O[C@@H](n2cc(C)c(=O)[nH]c2=O)CC1OP([O-])(=S)OC[C@H]1O[C@@H](n2cc(C)c(N)nc2=O)CC1OP([O-])(=S)OC[C@H]1O[C@@H](n2cnc3c(N)ncnc32)CC1OP([O-])(=S)OC[C@H]1O[C@@H](n2cc(C)c(=O)[nH]c2=O)CC1OP([O-])(=S)OC[C@H]1O[C@@H](n2cnc3c(=O)[nH]c(N)nc32)CC1OP([O-])(=S)OC. The van der Waals surface area contributed by atoms with Crippen LogP contribution < -0.4 is 103 Å². The number of aryl methyl sites for hydroxylation is 5. The van der Waals surface area contributed by atoms with Crippen molar-refractivity contribution in [2.45, 2.75) is 222 Å². The summed E-state index contributed by atoms with van der Waals surface area (Å²) in [6.45, 7) is -29.9. The molecule has 0 amide bonds. The van der Waals surface area contributed by atoms with Gasteiger partial charge < -0.3 is 161 Å². The number of nitrogen functional groups attached to an aromatic ring is 4. The molecule has 7 saturated heterocycles. The van der Waals surface area contributed by atoms with Gasteiger partial charge in [0.2, 0.25) is 5.95 Å². The fourth-order valence-electron chi connectivity index (χ4n) is 16.7. The maximum Gasteiger partial charge on any atom is 0.351 e. The number of rotatable bonds is 41.